The van der Waals surface area contributed by atoms with Gasteiger partial charge in [0, 0.05) is 13.6 Å². The van der Waals surface area contributed by atoms with Gasteiger partial charge in [-0.25, -0.2) is 9.97 Å². The van der Waals surface area contributed by atoms with Crippen LogP contribution < -0.4 is 5.32 Å². The van der Waals surface area contributed by atoms with Gasteiger partial charge in [-0.15, -0.1) is 0 Å². The van der Waals surface area contributed by atoms with Crippen molar-refractivity contribution in [1.29, 1.82) is 0 Å². The number of carbonyl (C=O) groups is 1. The SMILES string of the molecule is CCCNc1cnc(C(=O)N(C)CC(F)(F)F)cn1. The largest absolute Gasteiger partial charge is 0.406 e. The van der Waals surface area contributed by atoms with Gasteiger partial charge in [0.2, 0.25) is 0 Å². The molecule has 0 spiro atoms. The molecule has 0 unspecified atom stereocenters. The molecule has 1 aromatic heterocycles. The summed E-state index contributed by atoms with van der Waals surface area (Å²) in [6.45, 7) is 1.36. The summed E-state index contributed by atoms with van der Waals surface area (Å²) >= 11 is 0. The lowest BCUT2D eigenvalue weighted by atomic mass is 10.3. The monoisotopic (exact) mass is 276 g/mol. The molecule has 0 aliphatic carbocycles. The van der Waals surface area contributed by atoms with Crippen LogP contribution in [-0.2, 0) is 0 Å². The van der Waals surface area contributed by atoms with Gasteiger partial charge in [0.1, 0.15) is 18.1 Å². The zero-order valence-corrected chi connectivity index (χ0v) is 10.7. The summed E-state index contributed by atoms with van der Waals surface area (Å²) in [7, 11) is 1.07. The van der Waals surface area contributed by atoms with E-state index in [1.165, 1.54) is 6.20 Å². The van der Waals surface area contributed by atoms with Crippen molar-refractivity contribution >= 4 is 11.7 Å². The van der Waals surface area contributed by atoms with E-state index >= 15 is 0 Å². The summed E-state index contributed by atoms with van der Waals surface area (Å²) in [5, 5.41) is 2.95. The van der Waals surface area contributed by atoms with Gasteiger partial charge in [0.25, 0.3) is 5.91 Å². The number of nitrogens with zero attached hydrogens (tertiary/aromatic N) is 3. The first-order valence-corrected chi connectivity index (χ1v) is 5.71. The number of rotatable bonds is 5. The second-order valence-corrected chi connectivity index (χ2v) is 3.99. The molecular formula is C11H15F3N4O. The highest BCUT2D eigenvalue weighted by Crippen LogP contribution is 2.16. The van der Waals surface area contributed by atoms with Crippen LogP contribution in [0.2, 0.25) is 0 Å². The lowest BCUT2D eigenvalue weighted by molar-refractivity contribution is -0.138. The summed E-state index contributed by atoms with van der Waals surface area (Å²) in [6.07, 6.45) is -1.05. The third kappa shape index (κ3) is 5.11. The standard InChI is InChI=1S/C11H15F3N4O/c1-3-4-15-9-6-16-8(5-17-9)10(19)18(2)7-11(12,13)14/h5-6H,3-4,7H2,1-2H3,(H,15,17). The number of halogens is 3. The van der Waals surface area contributed by atoms with Crippen molar-refractivity contribution in [1.82, 2.24) is 14.9 Å². The van der Waals surface area contributed by atoms with Crippen molar-refractivity contribution in [2.45, 2.75) is 19.5 Å². The van der Waals surface area contributed by atoms with Crippen LogP contribution in [-0.4, -0.2) is 47.1 Å². The van der Waals surface area contributed by atoms with Crippen LogP contribution >= 0.6 is 0 Å². The number of hydrogen-bond donors (Lipinski definition) is 1. The van der Waals surface area contributed by atoms with Crippen LogP contribution in [0.15, 0.2) is 12.4 Å². The summed E-state index contributed by atoms with van der Waals surface area (Å²) in [4.78, 5) is 19.9. The van der Waals surface area contributed by atoms with E-state index in [-0.39, 0.29) is 5.69 Å². The maximum absolute atomic E-state index is 12.1. The Labute approximate surface area is 108 Å². The second-order valence-electron chi connectivity index (χ2n) is 3.99. The minimum absolute atomic E-state index is 0.117. The quantitative estimate of drug-likeness (QED) is 0.892. The van der Waals surface area contributed by atoms with Crippen molar-refractivity contribution in [2.75, 3.05) is 25.5 Å². The van der Waals surface area contributed by atoms with Crippen LogP contribution in [0.25, 0.3) is 0 Å². The molecule has 5 nitrogen and oxygen atoms in total. The molecule has 1 N–H and O–H groups in total. The minimum atomic E-state index is -4.43. The number of carbonyl (C=O) groups excluding carboxylic acids is 1. The van der Waals surface area contributed by atoms with Crippen LogP contribution in [0, 0.1) is 0 Å². The molecule has 1 heterocycles. The van der Waals surface area contributed by atoms with E-state index in [1.807, 2.05) is 6.92 Å². The second kappa shape index (κ2) is 6.35. The third-order valence-corrected chi connectivity index (χ3v) is 2.19. The molecule has 0 fully saturated rings. The lowest BCUT2D eigenvalue weighted by Gasteiger charge is -2.18. The number of amides is 1. The van der Waals surface area contributed by atoms with E-state index in [0.717, 1.165) is 19.7 Å². The molecule has 1 aromatic rings. The first-order valence-electron chi connectivity index (χ1n) is 5.71. The van der Waals surface area contributed by atoms with Crippen molar-refractivity contribution in [2.24, 2.45) is 0 Å². The number of aromatic nitrogens is 2. The molecule has 0 saturated carbocycles. The van der Waals surface area contributed by atoms with E-state index in [9.17, 15) is 18.0 Å². The van der Waals surface area contributed by atoms with Crippen LogP contribution in [0.4, 0.5) is 19.0 Å². The highest BCUT2D eigenvalue weighted by atomic mass is 19.4. The molecule has 0 saturated heterocycles. The van der Waals surface area contributed by atoms with Crippen molar-refractivity contribution in [3.63, 3.8) is 0 Å². The zero-order chi connectivity index (χ0) is 14.5. The Kier molecular flexibility index (Phi) is 5.08. The highest BCUT2D eigenvalue weighted by molar-refractivity contribution is 5.91. The van der Waals surface area contributed by atoms with Crippen LogP contribution in [0.5, 0.6) is 0 Å². The van der Waals surface area contributed by atoms with Gasteiger partial charge < -0.3 is 10.2 Å². The highest BCUT2D eigenvalue weighted by Gasteiger charge is 2.31. The molecule has 0 bridgehead atoms. The third-order valence-electron chi connectivity index (χ3n) is 2.19. The Hall–Kier alpha value is -1.86. The summed E-state index contributed by atoms with van der Waals surface area (Å²) in [5.74, 6) is -0.330. The Bertz CT molecular complexity index is 419. The fourth-order valence-electron chi connectivity index (χ4n) is 1.32. The molecule has 1 amide bonds. The zero-order valence-electron chi connectivity index (χ0n) is 10.7. The average molecular weight is 276 g/mol. The number of anilines is 1. The van der Waals surface area contributed by atoms with Gasteiger partial charge in [0.15, 0.2) is 0 Å². The van der Waals surface area contributed by atoms with Gasteiger partial charge in [-0.1, -0.05) is 6.92 Å². The fourth-order valence-corrected chi connectivity index (χ4v) is 1.32. The molecular weight excluding hydrogens is 261 g/mol. The first-order chi connectivity index (χ1) is 8.83. The van der Waals surface area contributed by atoms with E-state index in [0.29, 0.717) is 17.3 Å². The summed E-state index contributed by atoms with van der Waals surface area (Å²) in [6, 6.07) is 0. The van der Waals surface area contributed by atoms with E-state index in [4.69, 9.17) is 0 Å². The van der Waals surface area contributed by atoms with Crippen LogP contribution in [0.3, 0.4) is 0 Å². The smallest absolute Gasteiger partial charge is 0.369 e. The fraction of sp³-hybridized carbons (Fsp3) is 0.545. The Balaban J connectivity index is 2.67. The number of nitrogens with one attached hydrogen (secondary N) is 1. The van der Waals surface area contributed by atoms with E-state index in [2.05, 4.69) is 15.3 Å². The molecule has 8 heteroatoms. The molecule has 0 aliphatic heterocycles. The van der Waals surface area contributed by atoms with E-state index in [1.54, 1.807) is 0 Å². The molecule has 0 aromatic carbocycles. The predicted octanol–water partition coefficient (Wildman–Crippen LogP) is 1.93. The maximum atomic E-state index is 12.1. The average Bonchev–Trinajstić information content (AvgIpc) is 2.34. The number of hydrogen-bond acceptors (Lipinski definition) is 4. The van der Waals surface area contributed by atoms with Crippen molar-refractivity contribution < 1.29 is 18.0 Å². The summed E-state index contributed by atoms with van der Waals surface area (Å²) < 4.78 is 36.4. The Morgan fingerprint density at radius 3 is 2.53 bits per heavy atom. The van der Waals surface area contributed by atoms with Gasteiger partial charge in [-0.3, -0.25) is 4.79 Å². The van der Waals surface area contributed by atoms with Crippen molar-refractivity contribution in [3.05, 3.63) is 18.1 Å². The Morgan fingerprint density at radius 1 is 1.37 bits per heavy atom. The molecule has 0 atom stereocenters. The number of alkyl halides is 3. The van der Waals surface area contributed by atoms with Crippen LogP contribution in [0.1, 0.15) is 23.8 Å². The Morgan fingerprint density at radius 2 is 2.05 bits per heavy atom. The van der Waals surface area contributed by atoms with Gasteiger partial charge >= 0.3 is 6.18 Å². The molecule has 0 radical (unpaired) electrons. The lowest BCUT2D eigenvalue weighted by Crippen LogP contribution is -2.36. The first kappa shape index (κ1) is 15.2. The molecule has 1 rings (SSSR count). The molecule has 0 aliphatic rings. The van der Waals surface area contributed by atoms with Crippen molar-refractivity contribution in [3.8, 4) is 0 Å². The maximum Gasteiger partial charge on any atom is 0.406 e. The topological polar surface area (TPSA) is 58.1 Å². The molecule has 106 valence electrons. The normalized spacial score (nSPS) is 11.2. The van der Waals surface area contributed by atoms with Gasteiger partial charge in [-0.05, 0) is 6.42 Å². The summed E-state index contributed by atoms with van der Waals surface area (Å²) in [5.41, 5.74) is -0.117. The molecule has 19 heavy (non-hydrogen) atoms. The van der Waals surface area contributed by atoms with Gasteiger partial charge in [0.05, 0.1) is 12.4 Å². The van der Waals surface area contributed by atoms with Gasteiger partial charge in [-0.2, -0.15) is 13.2 Å². The van der Waals surface area contributed by atoms with E-state index < -0.39 is 18.6 Å². The minimum Gasteiger partial charge on any atom is -0.369 e. The predicted molar refractivity (Wildman–Crippen MR) is 63.8 cm³/mol.